The molecule has 0 radical (unpaired) electrons. The predicted molar refractivity (Wildman–Crippen MR) is 116 cm³/mol. The minimum atomic E-state index is -0.442. The Balaban J connectivity index is 1.73. The lowest BCUT2D eigenvalue weighted by Crippen LogP contribution is -2.24. The van der Waals surface area contributed by atoms with Crippen LogP contribution in [0.5, 0.6) is 0 Å². The zero-order valence-electron chi connectivity index (χ0n) is 15.8. The van der Waals surface area contributed by atoms with Crippen molar-refractivity contribution in [2.75, 3.05) is 11.5 Å². The standard InChI is InChI=1S/C25H16N2O3/c26-20-12-19(22(27)14-7-2-1-6-13(14)20)24(29)18-11-5-10-17-21(18)25(30)16-9-4-3-8-15(16)23(17)28/h1-12H,26-27H2. The molecule has 0 saturated heterocycles. The van der Waals surface area contributed by atoms with Crippen molar-refractivity contribution in [1.29, 1.82) is 0 Å². The molecule has 5 heteroatoms. The van der Waals surface area contributed by atoms with Crippen molar-refractivity contribution in [3.8, 4) is 0 Å². The molecule has 0 heterocycles. The molecule has 0 amide bonds. The van der Waals surface area contributed by atoms with E-state index in [1.165, 1.54) is 6.07 Å². The highest BCUT2D eigenvalue weighted by Crippen LogP contribution is 2.34. The molecule has 0 aromatic heterocycles. The Morgan fingerprint density at radius 3 is 1.97 bits per heavy atom. The fourth-order valence-corrected chi connectivity index (χ4v) is 4.09. The molecule has 5 nitrogen and oxygen atoms in total. The number of hydrogen-bond acceptors (Lipinski definition) is 5. The molecule has 0 atom stereocenters. The van der Waals surface area contributed by atoms with E-state index in [4.69, 9.17) is 11.5 Å². The van der Waals surface area contributed by atoms with Crippen LogP contribution in [0.25, 0.3) is 10.8 Å². The maximum atomic E-state index is 13.5. The SMILES string of the molecule is Nc1cc(C(=O)c2cccc3c2C(=O)c2ccccc2C3=O)c(N)c2ccccc12. The van der Waals surface area contributed by atoms with E-state index in [0.717, 1.165) is 5.39 Å². The lowest BCUT2D eigenvalue weighted by Gasteiger charge is -2.20. The number of ketones is 3. The molecule has 0 saturated carbocycles. The van der Waals surface area contributed by atoms with Crippen molar-refractivity contribution in [1.82, 2.24) is 0 Å². The van der Waals surface area contributed by atoms with Gasteiger partial charge in [-0.3, -0.25) is 14.4 Å². The van der Waals surface area contributed by atoms with Crippen molar-refractivity contribution in [3.63, 3.8) is 0 Å². The Bertz CT molecular complexity index is 1420. The van der Waals surface area contributed by atoms with Gasteiger partial charge in [-0.05, 0) is 6.07 Å². The Morgan fingerprint density at radius 2 is 1.23 bits per heavy atom. The summed E-state index contributed by atoms with van der Waals surface area (Å²) in [5, 5.41) is 1.42. The van der Waals surface area contributed by atoms with Gasteiger partial charge < -0.3 is 11.5 Å². The Morgan fingerprint density at radius 1 is 0.633 bits per heavy atom. The van der Waals surface area contributed by atoms with Gasteiger partial charge in [-0.1, -0.05) is 66.7 Å². The van der Waals surface area contributed by atoms with E-state index >= 15 is 0 Å². The zero-order chi connectivity index (χ0) is 21.0. The second kappa shape index (κ2) is 6.39. The molecule has 0 aliphatic heterocycles. The smallest absolute Gasteiger partial charge is 0.195 e. The Hall–Kier alpha value is -4.25. The van der Waals surface area contributed by atoms with Crippen LogP contribution in [0.15, 0.2) is 72.8 Å². The van der Waals surface area contributed by atoms with Gasteiger partial charge in [0.2, 0.25) is 0 Å². The molecule has 0 unspecified atom stereocenters. The number of benzene rings is 4. The molecule has 30 heavy (non-hydrogen) atoms. The average molecular weight is 392 g/mol. The number of anilines is 2. The van der Waals surface area contributed by atoms with Crippen LogP contribution in [0.3, 0.4) is 0 Å². The molecule has 144 valence electrons. The van der Waals surface area contributed by atoms with E-state index in [1.807, 2.05) is 18.2 Å². The highest BCUT2D eigenvalue weighted by molar-refractivity contribution is 6.32. The van der Waals surface area contributed by atoms with Gasteiger partial charge in [0, 0.05) is 49.8 Å². The number of nitrogen functional groups attached to an aromatic ring is 2. The number of carbonyl (C=O) groups excluding carboxylic acids is 3. The lowest BCUT2D eigenvalue weighted by atomic mass is 9.80. The van der Waals surface area contributed by atoms with Crippen LogP contribution < -0.4 is 11.5 Å². The van der Waals surface area contributed by atoms with E-state index in [9.17, 15) is 14.4 Å². The van der Waals surface area contributed by atoms with Crippen molar-refractivity contribution in [3.05, 3.63) is 106 Å². The van der Waals surface area contributed by atoms with Crippen molar-refractivity contribution in [2.24, 2.45) is 0 Å². The van der Waals surface area contributed by atoms with Crippen molar-refractivity contribution < 1.29 is 14.4 Å². The molecule has 4 N–H and O–H groups in total. The van der Waals surface area contributed by atoms with Gasteiger partial charge in [-0.15, -0.1) is 0 Å². The summed E-state index contributed by atoms with van der Waals surface area (Å²) in [7, 11) is 0. The number of fused-ring (bicyclic) bond motifs is 3. The van der Waals surface area contributed by atoms with Crippen LogP contribution in [-0.2, 0) is 0 Å². The van der Waals surface area contributed by atoms with Crippen LogP contribution in [0, 0.1) is 0 Å². The maximum Gasteiger partial charge on any atom is 0.195 e. The van der Waals surface area contributed by atoms with Gasteiger partial charge in [0.05, 0.1) is 5.69 Å². The number of hydrogen-bond donors (Lipinski definition) is 2. The molecule has 4 aromatic carbocycles. The first kappa shape index (κ1) is 17.8. The molecule has 5 rings (SSSR count). The van der Waals surface area contributed by atoms with Crippen molar-refractivity contribution in [2.45, 2.75) is 0 Å². The largest absolute Gasteiger partial charge is 0.398 e. The summed E-state index contributed by atoms with van der Waals surface area (Å²) >= 11 is 0. The van der Waals surface area contributed by atoms with Crippen LogP contribution in [0.1, 0.15) is 47.8 Å². The quantitative estimate of drug-likeness (QED) is 0.349. The average Bonchev–Trinajstić information content (AvgIpc) is 2.79. The van der Waals surface area contributed by atoms with E-state index in [-0.39, 0.29) is 39.5 Å². The highest BCUT2D eigenvalue weighted by Gasteiger charge is 2.33. The summed E-state index contributed by atoms with van der Waals surface area (Å²) in [6.07, 6.45) is 0. The third-order valence-electron chi connectivity index (χ3n) is 5.56. The van der Waals surface area contributed by atoms with Gasteiger partial charge in [0.25, 0.3) is 0 Å². The molecule has 0 fully saturated rings. The Kier molecular flexibility index (Phi) is 3.79. The third kappa shape index (κ3) is 2.39. The molecular weight excluding hydrogens is 376 g/mol. The summed E-state index contributed by atoms with van der Waals surface area (Å²) < 4.78 is 0. The van der Waals surface area contributed by atoms with Gasteiger partial charge in [0.1, 0.15) is 0 Å². The number of rotatable bonds is 2. The van der Waals surface area contributed by atoms with Crippen LogP contribution in [0.4, 0.5) is 11.4 Å². The van der Waals surface area contributed by atoms with Crippen LogP contribution in [-0.4, -0.2) is 17.3 Å². The van der Waals surface area contributed by atoms with E-state index in [1.54, 1.807) is 48.5 Å². The van der Waals surface area contributed by atoms with Gasteiger partial charge in [-0.25, -0.2) is 0 Å². The van der Waals surface area contributed by atoms with E-state index < -0.39 is 5.78 Å². The molecule has 1 aliphatic carbocycles. The van der Waals surface area contributed by atoms with E-state index in [2.05, 4.69) is 0 Å². The first-order valence-corrected chi connectivity index (χ1v) is 9.42. The predicted octanol–water partition coefficient (Wildman–Crippen LogP) is 4.01. The fraction of sp³-hybridized carbons (Fsp3) is 0. The lowest BCUT2D eigenvalue weighted by molar-refractivity contribution is 0.0971. The topological polar surface area (TPSA) is 103 Å². The first-order valence-electron chi connectivity index (χ1n) is 9.42. The number of nitrogens with two attached hydrogens (primary N) is 2. The molecule has 1 aliphatic rings. The summed E-state index contributed by atoms with van der Waals surface area (Å²) in [5.74, 6) is -1.07. The highest BCUT2D eigenvalue weighted by atomic mass is 16.1. The Labute approximate surface area is 171 Å². The molecule has 0 bridgehead atoms. The minimum Gasteiger partial charge on any atom is -0.398 e. The van der Waals surface area contributed by atoms with Crippen molar-refractivity contribution >= 4 is 39.5 Å². The summed E-state index contributed by atoms with van der Waals surface area (Å²) in [6.45, 7) is 0. The normalized spacial score (nSPS) is 12.5. The maximum absolute atomic E-state index is 13.5. The van der Waals surface area contributed by atoms with Crippen LogP contribution in [0.2, 0.25) is 0 Å². The van der Waals surface area contributed by atoms with Crippen LogP contribution >= 0.6 is 0 Å². The number of carbonyl (C=O) groups is 3. The fourth-order valence-electron chi connectivity index (χ4n) is 4.09. The second-order valence-electron chi connectivity index (χ2n) is 7.23. The van der Waals surface area contributed by atoms with Gasteiger partial charge >= 0.3 is 0 Å². The third-order valence-corrected chi connectivity index (χ3v) is 5.56. The van der Waals surface area contributed by atoms with Gasteiger partial charge in [-0.2, -0.15) is 0 Å². The molecule has 0 spiro atoms. The summed E-state index contributed by atoms with van der Waals surface area (Å²) in [5.41, 5.74) is 14.5. The second-order valence-corrected chi connectivity index (χ2v) is 7.23. The van der Waals surface area contributed by atoms with Gasteiger partial charge in [0.15, 0.2) is 17.3 Å². The zero-order valence-corrected chi connectivity index (χ0v) is 15.8. The summed E-state index contributed by atoms with van der Waals surface area (Å²) in [6, 6.07) is 20.2. The summed E-state index contributed by atoms with van der Waals surface area (Å²) in [4.78, 5) is 39.7. The van der Waals surface area contributed by atoms with E-state index in [0.29, 0.717) is 22.2 Å². The monoisotopic (exact) mass is 392 g/mol. The molecular formula is C25H16N2O3. The first-order chi connectivity index (χ1) is 14.5. The molecule has 4 aromatic rings. The minimum absolute atomic E-state index is 0.109.